The molecule has 1 aromatic rings. The van der Waals surface area contributed by atoms with Crippen molar-refractivity contribution in [3.05, 3.63) is 53.9 Å². The molecule has 0 aliphatic rings. The van der Waals surface area contributed by atoms with Crippen molar-refractivity contribution in [1.82, 2.24) is 0 Å². The maximum Gasteiger partial charge on any atom is 0.123 e. The second-order valence-corrected chi connectivity index (χ2v) is 4.58. The van der Waals surface area contributed by atoms with E-state index in [0.29, 0.717) is 12.4 Å². The molecule has 0 aliphatic carbocycles. The van der Waals surface area contributed by atoms with E-state index in [1.165, 1.54) is 17.7 Å². The SMILES string of the molecule is C=C/C(C)=C(/CCCOc1ccc(F)cc1)C(C)=NC.[HH]. The minimum atomic E-state index is -0.251. The Morgan fingerprint density at radius 2 is 2.00 bits per heavy atom. The fraction of sp³-hybridized carbons (Fsp3) is 0.353. The Morgan fingerprint density at radius 3 is 2.55 bits per heavy atom. The molecule has 2 nitrogen and oxygen atoms in total. The number of hydrogen-bond acceptors (Lipinski definition) is 2. The summed E-state index contributed by atoms with van der Waals surface area (Å²) in [7, 11) is 1.79. The highest BCUT2D eigenvalue weighted by molar-refractivity contribution is 5.99. The molecule has 0 heterocycles. The molecule has 1 aromatic carbocycles. The van der Waals surface area contributed by atoms with E-state index in [1.54, 1.807) is 19.2 Å². The Labute approximate surface area is 122 Å². The fourth-order valence-corrected chi connectivity index (χ4v) is 1.89. The van der Waals surface area contributed by atoms with Crippen LogP contribution in [0.5, 0.6) is 5.75 Å². The van der Waals surface area contributed by atoms with E-state index in [4.69, 9.17) is 4.74 Å². The summed E-state index contributed by atoms with van der Waals surface area (Å²) in [5, 5.41) is 0. The van der Waals surface area contributed by atoms with Gasteiger partial charge < -0.3 is 4.74 Å². The highest BCUT2D eigenvalue weighted by atomic mass is 19.1. The van der Waals surface area contributed by atoms with Gasteiger partial charge in [0.25, 0.3) is 0 Å². The molecule has 1 rings (SSSR count). The molecule has 0 atom stereocenters. The predicted molar refractivity (Wildman–Crippen MR) is 85.2 cm³/mol. The van der Waals surface area contributed by atoms with E-state index in [2.05, 4.69) is 11.6 Å². The summed E-state index contributed by atoms with van der Waals surface area (Å²) < 4.78 is 18.3. The molecular formula is C17H24FNO. The number of aliphatic imine (C=N–C) groups is 1. The Kier molecular flexibility index (Phi) is 6.71. The normalized spacial score (nSPS) is 12.9. The zero-order chi connectivity index (χ0) is 15.0. The lowest BCUT2D eigenvalue weighted by Crippen LogP contribution is -2.04. The van der Waals surface area contributed by atoms with Crippen LogP contribution in [0.3, 0.4) is 0 Å². The van der Waals surface area contributed by atoms with Gasteiger partial charge in [-0.2, -0.15) is 0 Å². The molecule has 0 amide bonds. The Morgan fingerprint density at radius 1 is 1.35 bits per heavy atom. The van der Waals surface area contributed by atoms with Crippen LogP contribution < -0.4 is 4.74 Å². The van der Waals surface area contributed by atoms with E-state index >= 15 is 0 Å². The molecule has 0 radical (unpaired) electrons. The second kappa shape index (κ2) is 8.31. The first-order valence-corrected chi connectivity index (χ1v) is 6.72. The molecule has 0 fully saturated rings. The van der Waals surface area contributed by atoms with Gasteiger partial charge in [-0.3, -0.25) is 4.99 Å². The average Bonchev–Trinajstić information content (AvgIpc) is 2.47. The Bertz CT molecular complexity index is 506. The number of halogens is 1. The quantitative estimate of drug-likeness (QED) is 0.397. The predicted octanol–water partition coefficient (Wildman–Crippen LogP) is 4.82. The number of hydrogen-bond donors (Lipinski definition) is 0. The third kappa shape index (κ3) is 5.00. The van der Waals surface area contributed by atoms with Gasteiger partial charge in [0, 0.05) is 14.2 Å². The first kappa shape index (κ1) is 16.2. The molecule has 0 spiro atoms. The third-order valence-corrected chi connectivity index (χ3v) is 3.21. The fourth-order valence-electron chi connectivity index (χ4n) is 1.89. The third-order valence-electron chi connectivity index (χ3n) is 3.21. The van der Waals surface area contributed by atoms with Crippen molar-refractivity contribution < 1.29 is 10.6 Å². The minimum absolute atomic E-state index is 0. The van der Waals surface area contributed by atoms with E-state index in [9.17, 15) is 4.39 Å². The lowest BCUT2D eigenvalue weighted by atomic mass is 10.0. The van der Waals surface area contributed by atoms with Crippen LogP contribution in [0.2, 0.25) is 0 Å². The molecule has 0 aliphatic heterocycles. The highest BCUT2D eigenvalue weighted by Crippen LogP contribution is 2.16. The summed E-state index contributed by atoms with van der Waals surface area (Å²) in [5.74, 6) is 0.442. The highest BCUT2D eigenvalue weighted by Gasteiger charge is 2.05. The number of nitrogens with zero attached hydrogens (tertiary/aromatic N) is 1. The van der Waals surface area contributed by atoms with Gasteiger partial charge in [-0.1, -0.05) is 12.7 Å². The van der Waals surface area contributed by atoms with Crippen molar-refractivity contribution in [1.29, 1.82) is 0 Å². The van der Waals surface area contributed by atoms with Crippen LogP contribution in [0.4, 0.5) is 4.39 Å². The first-order valence-electron chi connectivity index (χ1n) is 6.72. The zero-order valence-electron chi connectivity index (χ0n) is 12.4. The van der Waals surface area contributed by atoms with Gasteiger partial charge >= 0.3 is 0 Å². The molecule has 0 bridgehead atoms. The number of benzene rings is 1. The van der Waals surface area contributed by atoms with E-state index in [0.717, 1.165) is 24.1 Å². The zero-order valence-corrected chi connectivity index (χ0v) is 12.4. The van der Waals surface area contributed by atoms with Gasteiger partial charge in [-0.25, -0.2) is 4.39 Å². The van der Waals surface area contributed by atoms with Crippen molar-refractivity contribution >= 4 is 5.71 Å². The van der Waals surface area contributed by atoms with Crippen molar-refractivity contribution in [2.24, 2.45) is 4.99 Å². The molecule has 0 saturated carbocycles. The van der Waals surface area contributed by atoms with Crippen LogP contribution in [0.1, 0.15) is 28.1 Å². The smallest absolute Gasteiger partial charge is 0.123 e. The van der Waals surface area contributed by atoms with Gasteiger partial charge in [0.05, 0.1) is 6.61 Å². The molecule has 0 aromatic heterocycles. The van der Waals surface area contributed by atoms with Crippen molar-refractivity contribution in [2.45, 2.75) is 26.7 Å². The first-order chi connectivity index (χ1) is 9.58. The largest absolute Gasteiger partial charge is 0.494 e. The van der Waals surface area contributed by atoms with Gasteiger partial charge in [0.15, 0.2) is 0 Å². The van der Waals surface area contributed by atoms with Crippen molar-refractivity contribution in [3.8, 4) is 5.75 Å². The molecule has 0 unspecified atom stereocenters. The lowest BCUT2D eigenvalue weighted by molar-refractivity contribution is 0.311. The van der Waals surface area contributed by atoms with Crippen LogP contribution >= 0.6 is 0 Å². The van der Waals surface area contributed by atoms with E-state index < -0.39 is 0 Å². The number of ether oxygens (including phenoxy) is 1. The number of rotatable bonds is 7. The standard InChI is InChI=1S/C17H22FNO.H2/c1-5-13(2)17(14(3)19-4)7-6-12-20-16-10-8-15(18)9-11-16;/h5,8-11H,1,6-7,12H2,2-4H3;1H/b17-13-,19-14?;. The minimum Gasteiger partial charge on any atom is -0.494 e. The summed E-state index contributed by atoms with van der Waals surface area (Å²) in [5.41, 5.74) is 3.39. The summed E-state index contributed by atoms with van der Waals surface area (Å²) >= 11 is 0. The van der Waals surface area contributed by atoms with Crippen molar-refractivity contribution in [3.63, 3.8) is 0 Å². The van der Waals surface area contributed by atoms with Crippen LogP contribution in [-0.4, -0.2) is 19.4 Å². The van der Waals surface area contributed by atoms with Gasteiger partial charge in [0.2, 0.25) is 0 Å². The van der Waals surface area contributed by atoms with Gasteiger partial charge in [-0.15, -0.1) is 0 Å². The average molecular weight is 277 g/mol. The maximum atomic E-state index is 12.8. The van der Waals surface area contributed by atoms with Crippen LogP contribution in [0.25, 0.3) is 0 Å². The topological polar surface area (TPSA) is 21.6 Å². The van der Waals surface area contributed by atoms with Crippen molar-refractivity contribution in [2.75, 3.05) is 13.7 Å². The Balaban J connectivity index is 0.00000400. The maximum absolute atomic E-state index is 12.8. The Hall–Kier alpha value is -1.90. The summed E-state index contributed by atoms with van der Waals surface area (Å²) in [4.78, 5) is 4.23. The summed E-state index contributed by atoms with van der Waals surface area (Å²) in [6.07, 6.45) is 3.62. The summed E-state index contributed by atoms with van der Waals surface area (Å²) in [6.45, 7) is 8.44. The monoisotopic (exact) mass is 277 g/mol. The lowest BCUT2D eigenvalue weighted by Gasteiger charge is -2.11. The molecule has 0 saturated heterocycles. The molecule has 20 heavy (non-hydrogen) atoms. The van der Waals surface area contributed by atoms with Gasteiger partial charge in [0.1, 0.15) is 11.6 Å². The van der Waals surface area contributed by atoms with E-state index in [1.807, 2.05) is 19.9 Å². The second-order valence-electron chi connectivity index (χ2n) is 4.58. The van der Waals surface area contributed by atoms with E-state index in [-0.39, 0.29) is 7.24 Å². The molecular weight excluding hydrogens is 253 g/mol. The van der Waals surface area contributed by atoms with Gasteiger partial charge in [-0.05, 0) is 62.1 Å². The van der Waals surface area contributed by atoms with Crippen LogP contribution in [0, 0.1) is 5.82 Å². The van der Waals surface area contributed by atoms with Crippen LogP contribution in [0.15, 0.2) is 53.1 Å². The van der Waals surface area contributed by atoms with Crippen LogP contribution in [-0.2, 0) is 0 Å². The molecule has 3 heteroatoms. The molecule has 0 N–H and O–H groups in total. The number of allylic oxidation sites excluding steroid dienone is 3. The summed E-state index contributed by atoms with van der Waals surface area (Å²) in [6, 6.07) is 6.08. The molecule has 110 valence electrons.